The first kappa shape index (κ1) is 15.2. The molecular formula is C12H20N4O3. The number of ether oxygens (including phenoxy) is 1. The Hall–Kier alpha value is -1.89. The quantitative estimate of drug-likeness (QED) is 0.501. The summed E-state index contributed by atoms with van der Waals surface area (Å²) < 4.78 is 6.36. The fraction of sp³-hybridized carbons (Fsp3) is 0.583. The average Bonchev–Trinajstić information content (AvgIpc) is 2.77. The molecule has 1 amide bonds. The van der Waals surface area contributed by atoms with Gasteiger partial charge in [0.2, 0.25) is 5.91 Å². The fourth-order valence-electron chi connectivity index (χ4n) is 1.64. The Morgan fingerprint density at radius 3 is 2.79 bits per heavy atom. The third-order valence-corrected chi connectivity index (χ3v) is 2.54. The van der Waals surface area contributed by atoms with E-state index in [4.69, 9.17) is 0 Å². The predicted octanol–water partition coefficient (Wildman–Crippen LogP) is -0.770. The van der Waals surface area contributed by atoms with Crippen LogP contribution in [0.25, 0.3) is 0 Å². The molecule has 1 aromatic heterocycles. The second kappa shape index (κ2) is 7.52. The number of esters is 1. The highest BCUT2D eigenvalue weighted by Crippen LogP contribution is 1.94. The van der Waals surface area contributed by atoms with Crippen LogP contribution in [0.2, 0.25) is 0 Å². The normalized spacial score (nSPS) is 11.9. The molecule has 106 valence electrons. The summed E-state index contributed by atoms with van der Waals surface area (Å²) in [6.45, 7) is 2.37. The van der Waals surface area contributed by atoms with Crippen molar-refractivity contribution in [3.05, 3.63) is 18.0 Å². The maximum atomic E-state index is 11.4. The number of aryl methyl sites for hydroxylation is 1. The summed E-state index contributed by atoms with van der Waals surface area (Å²) in [6, 6.07) is 1.28. The molecule has 1 unspecified atom stereocenters. The topological polar surface area (TPSA) is 85.2 Å². The standard InChI is InChI=1S/C12H20N4O3/c1-9(17)14-11(12(18)19-3)8-13-6-4-10-5-7-16(2)15-10/h5,7,11,13H,4,6,8H2,1-3H3,(H,14,17). The van der Waals surface area contributed by atoms with Crippen LogP contribution in [0, 0.1) is 0 Å². The van der Waals surface area contributed by atoms with E-state index in [1.807, 2.05) is 19.3 Å². The Bertz CT molecular complexity index is 430. The van der Waals surface area contributed by atoms with Crippen LogP contribution >= 0.6 is 0 Å². The van der Waals surface area contributed by atoms with E-state index in [1.165, 1.54) is 14.0 Å². The second-order valence-electron chi connectivity index (χ2n) is 4.21. The molecular weight excluding hydrogens is 248 g/mol. The summed E-state index contributed by atoms with van der Waals surface area (Å²) in [4.78, 5) is 22.4. The zero-order chi connectivity index (χ0) is 14.3. The lowest BCUT2D eigenvalue weighted by Gasteiger charge is -2.15. The first-order valence-corrected chi connectivity index (χ1v) is 6.07. The molecule has 1 heterocycles. The number of methoxy groups -OCH3 is 1. The fourth-order valence-corrected chi connectivity index (χ4v) is 1.64. The Kier molecular flexibility index (Phi) is 6.01. The first-order chi connectivity index (χ1) is 9.02. The van der Waals surface area contributed by atoms with Gasteiger partial charge in [0.1, 0.15) is 6.04 Å². The Balaban J connectivity index is 2.31. The molecule has 0 fully saturated rings. The summed E-state index contributed by atoms with van der Waals surface area (Å²) in [5, 5.41) is 9.88. The summed E-state index contributed by atoms with van der Waals surface area (Å²) in [6.07, 6.45) is 2.64. The monoisotopic (exact) mass is 268 g/mol. The third-order valence-electron chi connectivity index (χ3n) is 2.54. The lowest BCUT2D eigenvalue weighted by molar-refractivity contribution is -0.144. The number of hydrogen-bond acceptors (Lipinski definition) is 5. The van der Waals surface area contributed by atoms with E-state index < -0.39 is 12.0 Å². The maximum absolute atomic E-state index is 11.4. The number of amides is 1. The zero-order valence-corrected chi connectivity index (χ0v) is 11.5. The van der Waals surface area contributed by atoms with Crippen LogP contribution in [0.5, 0.6) is 0 Å². The summed E-state index contributed by atoms with van der Waals surface area (Å²) in [5.41, 5.74) is 0.976. The van der Waals surface area contributed by atoms with Gasteiger partial charge in [0, 0.05) is 39.7 Å². The number of carbonyl (C=O) groups excluding carboxylic acids is 2. The summed E-state index contributed by atoms with van der Waals surface area (Å²) in [5.74, 6) is -0.720. The van der Waals surface area contributed by atoms with Crippen LogP contribution in [-0.2, 0) is 27.8 Å². The van der Waals surface area contributed by atoms with Crippen molar-refractivity contribution in [3.8, 4) is 0 Å². The van der Waals surface area contributed by atoms with Gasteiger partial charge in [0.05, 0.1) is 12.8 Å². The van der Waals surface area contributed by atoms with E-state index >= 15 is 0 Å². The SMILES string of the molecule is COC(=O)C(CNCCc1ccn(C)n1)NC(C)=O. The highest BCUT2D eigenvalue weighted by Gasteiger charge is 2.19. The van der Waals surface area contributed by atoms with Crippen LogP contribution in [0.3, 0.4) is 0 Å². The Morgan fingerprint density at radius 1 is 1.53 bits per heavy atom. The second-order valence-corrected chi connectivity index (χ2v) is 4.21. The van der Waals surface area contributed by atoms with Crippen molar-refractivity contribution in [3.63, 3.8) is 0 Å². The van der Waals surface area contributed by atoms with Gasteiger partial charge in [-0.1, -0.05) is 0 Å². The molecule has 1 atom stereocenters. The van der Waals surface area contributed by atoms with Gasteiger partial charge >= 0.3 is 5.97 Å². The third kappa shape index (κ3) is 5.52. The zero-order valence-electron chi connectivity index (χ0n) is 11.5. The molecule has 0 aromatic carbocycles. The van der Waals surface area contributed by atoms with Crippen molar-refractivity contribution in [2.24, 2.45) is 7.05 Å². The summed E-state index contributed by atoms with van der Waals surface area (Å²) in [7, 11) is 3.16. The molecule has 1 aromatic rings. The number of nitrogens with one attached hydrogen (secondary N) is 2. The predicted molar refractivity (Wildman–Crippen MR) is 69.4 cm³/mol. The van der Waals surface area contributed by atoms with E-state index in [0.717, 1.165) is 12.1 Å². The number of carbonyl (C=O) groups is 2. The van der Waals surface area contributed by atoms with Crippen molar-refractivity contribution in [2.45, 2.75) is 19.4 Å². The molecule has 0 spiro atoms. The van der Waals surface area contributed by atoms with Gasteiger partial charge in [-0.25, -0.2) is 4.79 Å². The van der Waals surface area contributed by atoms with Crippen molar-refractivity contribution in [2.75, 3.05) is 20.2 Å². The molecule has 0 aliphatic heterocycles. The first-order valence-electron chi connectivity index (χ1n) is 6.07. The number of nitrogens with zero attached hydrogens (tertiary/aromatic N) is 2. The molecule has 0 radical (unpaired) electrons. The van der Waals surface area contributed by atoms with Gasteiger partial charge < -0.3 is 15.4 Å². The van der Waals surface area contributed by atoms with E-state index in [2.05, 4.69) is 20.5 Å². The van der Waals surface area contributed by atoms with Crippen molar-refractivity contribution in [1.82, 2.24) is 20.4 Å². The number of rotatable bonds is 7. The Labute approximate surface area is 112 Å². The maximum Gasteiger partial charge on any atom is 0.329 e. The summed E-state index contributed by atoms with van der Waals surface area (Å²) >= 11 is 0. The largest absolute Gasteiger partial charge is 0.467 e. The molecule has 0 aliphatic rings. The van der Waals surface area contributed by atoms with E-state index in [0.29, 0.717) is 13.1 Å². The van der Waals surface area contributed by atoms with E-state index in [-0.39, 0.29) is 5.91 Å². The molecule has 0 saturated carbocycles. The van der Waals surface area contributed by atoms with Gasteiger partial charge in [-0.05, 0) is 6.07 Å². The molecule has 2 N–H and O–H groups in total. The molecule has 7 nitrogen and oxygen atoms in total. The van der Waals surface area contributed by atoms with Gasteiger partial charge in [-0.15, -0.1) is 0 Å². The average molecular weight is 268 g/mol. The Morgan fingerprint density at radius 2 is 2.26 bits per heavy atom. The smallest absolute Gasteiger partial charge is 0.329 e. The molecule has 0 aliphatic carbocycles. The highest BCUT2D eigenvalue weighted by molar-refractivity contribution is 5.83. The van der Waals surface area contributed by atoms with Gasteiger partial charge in [0.25, 0.3) is 0 Å². The van der Waals surface area contributed by atoms with Crippen molar-refractivity contribution >= 4 is 11.9 Å². The van der Waals surface area contributed by atoms with Crippen molar-refractivity contribution < 1.29 is 14.3 Å². The van der Waals surface area contributed by atoms with Crippen LogP contribution in [0.4, 0.5) is 0 Å². The molecule has 1 rings (SSSR count). The van der Waals surface area contributed by atoms with Gasteiger partial charge in [-0.2, -0.15) is 5.10 Å². The lowest BCUT2D eigenvalue weighted by Crippen LogP contribution is -2.47. The van der Waals surface area contributed by atoms with Crippen LogP contribution in [0.15, 0.2) is 12.3 Å². The van der Waals surface area contributed by atoms with Crippen LogP contribution < -0.4 is 10.6 Å². The number of hydrogen-bond donors (Lipinski definition) is 2. The highest BCUT2D eigenvalue weighted by atomic mass is 16.5. The van der Waals surface area contributed by atoms with Crippen LogP contribution in [-0.4, -0.2) is 47.9 Å². The minimum atomic E-state index is -0.661. The lowest BCUT2D eigenvalue weighted by atomic mass is 10.2. The molecule has 0 saturated heterocycles. The van der Waals surface area contributed by atoms with Crippen molar-refractivity contribution in [1.29, 1.82) is 0 Å². The van der Waals surface area contributed by atoms with Gasteiger partial charge in [-0.3, -0.25) is 9.48 Å². The van der Waals surface area contributed by atoms with E-state index in [9.17, 15) is 9.59 Å². The van der Waals surface area contributed by atoms with E-state index in [1.54, 1.807) is 4.68 Å². The minimum absolute atomic E-state index is 0.262. The molecule has 7 heteroatoms. The number of aromatic nitrogens is 2. The minimum Gasteiger partial charge on any atom is -0.467 e. The van der Waals surface area contributed by atoms with Gasteiger partial charge in [0.15, 0.2) is 0 Å². The molecule has 0 bridgehead atoms. The molecule has 19 heavy (non-hydrogen) atoms. The van der Waals surface area contributed by atoms with Crippen LogP contribution in [0.1, 0.15) is 12.6 Å².